The molecule has 0 atom stereocenters. The molecule has 6 nitrogen and oxygen atoms in total. The number of esters is 1. The highest BCUT2D eigenvalue weighted by molar-refractivity contribution is 7.18. The van der Waals surface area contributed by atoms with Crippen LogP contribution in [0.5, 0.6) is 0 Å². The van der Waals surface area contributed by atoms with E-state index in [0.29, 0.717) is 21.2 Å². The number of amides is 1. The van der Waals surface area contributed by atoms with Crippen molar-refractivity contribution in [2.45, 2.75) is 13.8 Å². The van der Waals surface area contributed by atoms with Crippen LogP contribution in [0.15, 0.2) is 28.9 Å². The number of carbonyl (C=O) groups excluding carboxylic acids is 2. The summed E-state index contributed by atoms with van der Waals surface area (Å²) in [6.45, 7) is 3.59. The molecule has 0 radical (unpaired) electrons. The number of nitrogens with one attached hydrogen (secondary N) is 1. The predicted molar refractivity (Wildman–Crippen MR) is 86.1 cm³/mol. The Kier molecular flexibility index (Phi) is 5.33. The molecule has 0 saturated heterocycles. The highest BCUT2D eigenvalue weighted by atomic mass is 32.1. The van der Waals surface area contributed by atoms with E-state index in [1.54, 1.807) is 26.0 Å². The highest BCUT2D eigenvalue weighted by Crippen LogP contribution is 2.33. The molecule has 0 unspecified atom stereocenters. The van der Waals surface area contributed by atoms with Crippen molar-refractivity contribution in [1.82, 2.24) is 0 Å². The van der Waals surface area contributed by atoms with Crippen LogP contribution in [0.4, 0.5) is 5.00 Å². The van der Waals surface area contributed by atoms with E-state index in [4.69, 9.17) is 9.15 Å². The van der Waals surface area contributed by atoms with E-state index in [1.165, 1.54) is 18.4 Å². The molecule has 0 aromatic carbocycles. The lowest BCUT2D eigenvalue weighted by atomic mass is 10.2. The van der Waals surface area contributed by atoms with Crippen molar-refractivity contribution < 1.29 is 18.7 Å². The predicted octanol–water partition coefficient (Wildman–Crippen LogP) is 3.35. The third-order valence-electron chi connectivity index (χ3n) is 2.90. The van der Waals surface area contributed by atoms with Gasteiger partial charge in [0.05, 0.1) is 18.4 Å². The van der Waals surface area contributed by atoms with Crippen LogP contribution >= 0.6 is 11.3 Å². The zero-order chi connectivity index (χ0) is 16.8. The normalized spacial score (nSPS) is 10.5. The standard InChI is InChI=1S/C16H14N2O4S/c1-3-21-16(20)14-10(2)12(9-17)15(23-14)18-13(19)7-6-11-5-4-8-22-11/h4-8H,3H2,1-2H3,(H,18,19)/b7-6+. The minimum absolute atomic E-state index is 0.242. The second-order valence-corrected chi connectivity index (χ2v) is 5.45. The van der Waals surface area contributed by atoms with E-state index < -0.39 is 11.9 Å². The van der Waals surface area contributed by atoms with Crippen LogP contribution in [-0.2, 0) is 9.53 Å². The minimum atomic E-state index is -0.502. The van der Waals surface area contributed by atoms with Gasteiger partial charge in [-0.15, -0.1) is 11.3 Å². The molecule has 2 aromatic rings. The molecule has 0 spiro atoms. The maximum absolute atomic E-state index is 11.9. The number of carbonyl (C=O) groups is 2. The van der Waals surface area contributed by atoms with Crippen molar-refractivity contribution >= 4 is 34.3 Å². The van der Waals surface area contributed by atoms with E-state index in [-0.39, 0.29) is 12.2 Å². The molecule has 1 N–H and O–H groups in total. The number of nitrogens with zero attached hydrogens (tertiary/aromatic N) is 1. The topological polar surface area (TPSA) is 92.3 Å². The number of furan rings is 1. The molecule has 0 fully saturated rings. The number of ether oxygens (including phenoxy) is 1. The molecule has 1 amide bonds. The molecule has 2 heterocycles. The Morgan fingerprint density at radius 1 is 1.52 bits per heavy atom. The van der Waals surface area contributed by atoms with Gasteiger partial charge in [-0.05, 0) is 37.6 Å². The lowest BCUT2D eigenvalue weighted by molar-refractivity contribution is -0.111. The summed E-state index contributed by atoms with van der Waals surface area (Å²) in [5, 5.41) is 12.2. The molecular weight excluding hydrogens is 316 g/mol. The first-order chi connectivity index (χ1) is 11.1. The number of rotatable bonds is 5. The van der Waals surface area contributed by atoms with E-state index in [9.17, 15) is 14.9 Å². The van der Waals surface area contributed by atoms with Crippen molar-refractivity contribution in [3.63, 3.8) is 0 Å². The van der Waals surface area contributed by atoms with Crippen molar-refractivity contribution in [3.05, 3.63) is 46.2 Å². The van der Waals surface area contributed by atoms with Crippen molar-refractivity contribution in [2.24, 2.45) is 0 Å². The van der Waals surface area contributed by atoms with Gasteiger partial charge >= 0.3 is 5.97 Å². The SMILES string of the molecule is CCOC(=O)c1sc(NC(=O)/C=C/c2ccco2)c(C#N)c1C. The monoisotopic (exact) mass is 330 g/mol. The first kappa shape index (κ1) is 16.5. The summed E-state index contributed by atoms with van der Waals surface area (Å²) in [7, 11) is 0. The Morgan fingerprint density at radius 3 is 2.91 bits per heavy atom. The Labute approximate surface area is 137 Å². The molecular formula is C16H14N2O4S. The summed E-state index contributed by atoms with van der Waals surface area (Å²) in [5.74, 6) is -0.386. The quantitative estimate of drug-likeness (QED) is 0.670. The van der Waals surface area contributed by atoms with Gasteiger partial charge in [-0.25, -0.2) is 4.79 Å². The van der Waals surface area contributed by atoms with E-state index in [1.807, 2.05) is 6.07 Å². The maximum atomic E-state index is 11.9. The first-order valence-corrected chi connectivity index (χ1v) is 7.61. The summed E-state index contributed by atoms with van der Waals surface area (Å²) >= 11 is 1.02. The second-order valence-electron chi connectivity index (χ2n) is 4.43. The number of anilines is 1. The largest absolute Gasteiger partial charge is 0.465 e. The smallest absolute Gasteiger partial charge is 0.348 e. The van der Waals surface area contributed by atoms with Crippen LogP contribution in [0, 0.1) is 18.3 Å². The Morgan fingerprint density at radius 2 is 2.30 bits per heavy atom. The average molecular weight is 330 g/mol. The van der Waals surface area contributed by atoms with Crippen LogP contribution in [0.2, 0.25) is 0 Å². The molecule has 0 saturated carbocycles. The van der Waals surface area contributed by atoms with Crippen molar-refractivity contribution in [1.29, 1.82) is 5.26 Å². The lowest BCUT2D eigenvalue weighted by Gasteiger charge is -1.98. The van der Waals surface area contributed by atoms with Crippen LogP contribution in [-0.4, -0.2) is 18.5 Å². The van der Waals surface area contributed by atoms with Crippen LogP contribution < -0.4 is 5.32 Å². The third-order valence-corrected chi connectivity index (χ3v) is 4.09. The van der Waals surface area contributed by atoms with E-state index >= 15 is 0 Å². The van der Waals surface area contributed by atoms with Crippen LogP contribution in [0.25, 0.3) is 6.08 Å². The maximum Gasteiger partial charge on any atom is 0.348 e. The Bertz CT molecular complexity index is 782. The van der Waals surface area contributed by atoms with Gasteiger partial charge in [0.2, 0.25) is 5.91 Å². The molecule has 0 aliphatic carbocycles. The lowest BCUT2D eigenvalue weighted by Crippen LogP contribution is -2.07. The third kappa shape index (κ3) is 3.87. The molecule has 0 aliphatic heterocycles. The second kappa shape index (κ2) is 7.42. The number of nitriles is 1. The molecule has 2 rings (SSSR count). The van der Waals surface area contributed by atoms with Gasteiger partial charge in [0, 0.05) is 6.08 Å². The van der Waals surface area contributed by atoms with Crippen molar-refractivity contribution in [3.8, 4) is 6.07 Å². The van der Waals surface area contributed by atoms with Gasteiger partial charge in [0.1, 0.15) is 21.7 Å². The van der Waals surface area contributed by atoms with Gasteiger partial charge < -0.3 is 14.5 Å². The molecule has 0 aliphatic rings. The molecule has 2 aromatic heterocycles. The summed E-state index contributed by atoms with van der Waals surface area (Å²) in [6.07, 6.45) is 4.30. The fourth-order valence-electron chi connectivity index (χ4n) is 1.82. The summed E-state index contributed by atoms with van der Waals surface area (Å²) in [6, 6.07) is 5.42. The Hall–Kier alpha value is -2.85. The molecule has 118 valence electrons. The van der Waals surface area contributed by atoms with E-state index in [0.717, 1.165) is 11.3 Å². The number of thiophene rings is 1. The van der Waals surface area contributed by atoms with Crippen LogP contribution in [0.1, 0.15) is 33.5 Å². The molecule has 0 bridgehead atoms. The molecule has 7 heteroatoms. The first-order valence-electron chi connectivity index (χ1n) is 6.80. The highest BCUT2D eigenvalue weighted by Gasteiger charge is 2.21. The molecule has 23 heavy (non-hydrogen) atoms. The van der Waals surface area contributed by atoms with Gasteiger partial charge in [-0.1, -0.05) is 0 Å². The van der Waals surface area contributed by atoms with Gasteiger partial charge in [-0.2, -0.15) is 5.26 Å². The summed E-state index contributed by atoms with van der Waals surface area (Å²) < 4.78 is 10.0. The number of hydrogen-bond acceptors (Lipinski definition) is 6. The average Bonchev–Trinajstić information content (AvgIpc) is 3.13. The van der Waals surface area contributed by atoms with Crippen molar-refractivity contribution in [2.75, 3.05) is 11.9 Å². The fraction of sp³-hybridized carbons (Fsp3) is 0.188. The summed E-state index contributed by atoms with van der Waals surface area (Å²) in [5.41, 5.74) is 0.763. The fourth-order valence-corrected chi connectivity index (χ4v) is 2.88. The summed E-state index contributed by atoms with van der Waals surface area (Å²) in [4.78, 5) is 24.1. The number of hydrogen-bond donors (Lipinski definition) is 1. The van der Waals surface area contributed by atoms with Gasteiger partial charge in [0.15, 0.2) is 0 Å². The van der Waals surface area contributed by atoms with Gasteiger partial charge in [0.25, 0.3) is 0 Å². The zero-order valence-electron chi connectivity index (χ0n) is 12.6. The zero-order valence-corrected chi connectivity index (χ0v) is 13.4. The van der Waals surface area contributed by atoms with Crippen LogP contribution in [0.3, 0.4) is 0 Å². The minimum Gasteiger partial charge on any atom is -0.465 e. The van der Waals surface area contributed by atoms with Gasteiger partial charge in [-0.3, -0.25) is 4.79 Å². The van der Waals surface area contributed by atoms with E-state index in [2.05, 4.69) is 5.32 Å². The Balaban J connectivity index is 2.19.